The number of nitrogens with zero attached hydrogens (tertiary/aromatic N) is 2. The molecule has 0 bridgehead atoms. The maximum absolute atomic E-state index is 11.8. The first-order chi connectivity index (χ1) is 7.72. The molecular weight excluding hydrogens is 208 g/mol. The largest absolute Gasteiger partial charge is 0.508 e. The topological polar surface area (TPSA) is 60.9 Å². The third-order valence-corrected chi connectivity index (χ3v) is 2.53. The van der Waals surface area contributed by atoms with Crippen LogP contribution in [-0.4, -0.2) is 42.0 Å². The summed E-state index contributed by atoms with van der Waals surface area (Å²) >= 11 is 0. The van der Waals surface area contributed by atoms with E-state index >= 15 is 0 Å². The third kappa shape index (κ3) is 1.84. The van der Waals surface area contributed by atoms with Crippen LogP contribution in [0.25, 0.3) is 0 Å². The van der Waals surface area contributed by atoms with E-state index in [1.54, 1.807) is 23.1 Å². The lowest BCUT2D eigenvalue weighted by atomic mass is 10.3. The lowest BCUT2D eigenvalue weighted by Crippen LogP contribution is -2.32. The minimum atomic E-state index is -0.197. The highest BCUT2D eigenvalue weighted by atomic mass is 16.3. The van der Waals surface area contributed by atoms with Crippen molar-refractivity contribution in [3.05, 3.63) is 24.3 Å². The van der Waals surface area contributed by atoms with Gasteiger partial charge in [0.25, 0.3) is 0 Å². The van der Waals surface area contributed by atoms with Gasteiger partial charge in [-0.25, -0.2) is 4.79 Å². The number of phenolic OH excluding ortho intramolecular Hbond substituents is 1. The minimum absolute atomic E-state index is 0.119. The average Bonchev–Trinajstić information content (AvgIpc) is 2.61. The van der Waals surface area contributed by atoms with E-state index in [0.29, 0.717) is 25.1 Å². The molecule has 16 heavy (non-hydrogen) atoms. The van der Waals surface area contributed by atoms with Crippen LogP contribution in [0.4, 0.5) is 10.5 Å². The van der Waals surface area contributed by atoms with E-state index in [1.165, 1.54) is 11.0 Å². The second kappa shape index (κ2) is 4.22. The summed E-state index contributed by atoms with van der Waals surface area (Å²) in [7, 11) is 0. The molecule has 0 radical (unpaired) electrons. The Bertz CT molecular complexity index is 419. The quantitative estimate of drug-likeness (QED) is 0.767. The standard InChI is InChI=1S/C11H12N2O3/c14-7-6-12-4-5-13(11(12)16)9-2-1-3-10(15)8-9/h1-3,7-8,15H,4-6H2. The lowest BCUT2D eigenvalue weighted by molar-refractivity contribution is -0.108. The highest BCUT2D eigenvalue weighted by molar-refractivity contribution is 5.95. The molecule has 1 fully saturated rings. The fourth-order valence-electron chi connectivity index (χ4n) is 1.74. The van der Waals surface area contributed by atoms with E-state index in [9.17, 15) is 14.7 Å². The van der Waals surface area contributed by atoms with Crippen molar-refractivity contribution in [3.8, 4) is 5.75 Å². The van der Waals surface area contributed by atoms with E-state index in [-0.39, 0.29) is 18.3 Å². The van der Waals surface area contributed by atoms with Crippen molar-refractivity contribution in [2.24, 2.45) is 0 Å². The van der Waals surface area contributed by atoms with Gasteiger partial charge in [-0.3, -0.25) is 4.90 Å². The van der Waals surface area contributed by atoms with Crippen LogP contribution in [-0.2, 0) is 4.79 Å². The Morgan fingerprint density at radius 1 is 1.38 bits per heavy atom. The average molecular weight is 220 g/mol. The summed E-state index contributed by atoms with van der Waals surface area (Å²) in [6, 6.07) is 6.32. The number of hydrogen-bond donors (Lipinski definition) is 1. The smallest absolute Gasteiger partial charge is 0.324 e. The van der Waals surface area contributed by atoms with Gasteiger partial charge < -0.3 is 14.8 Å². The van der Waals surface area contributed by atoms with Crippen LogP contribution in [0.3, 0.4) is 0 Å². The first-order valence-corrected chi connectivity index (χ1v) is 5.01. The summed E-state index contributed by atoms with van der Waals surface area (Å²) in [6.07, 6.45) is 0.712. The van der Waals surface area contributed by atoms with Crippen molar-refractivity contribution in [2.45, 2.75) is 0 Å². The Morgan fingerprint density at radius 3 is 2.88 bits per heavy atom. The molecule has 2 rings (SSSR count). The predicted octanol–water partition coefficient (Wildman–Crippen LogP) is 0.833. The van der Waals surface area contributed by atoms with E-state index in [1.807, 2.05) is 0 Å². The molecule has 0 aromatic heterocycles. The number of anilines is 1. The SMILES string of the molecule is O=CCN1CCN(c2cccc(O)c2)C1=O. The number of rotatable bonds is 3. The second-order valence-electron chi connectivity index (χ2n) is 3.57. The molecule has 0 atom stereocenters. The van der Waals surface area contributed by atoms with Crippen LogP contribution >= 0.6 is 0 Å². The van der Waals surface area contributed by atoms with Crippen molar-refractivity contribution in [1.82, 2.24) is 4.90 Å². The van der Waals surface area contributed by atoms with Crippen LogP contribution in [0.5, 0.6) is 5.75 Å². The van der Waals surface area contributed by atoms with Gasteiger partial charge in [0.2, 0.25) is 0 Å². The molecule has 1 aliphatic heterocycles. The van der Waals surface area contributed by atoms with Crippen LogP contribution < -0.4 is 4.90 Å². The highest BCUT2D eigenvalue weighted by Crippen LogP contribution is 2.23. The van der Waals surface area contributed by atoms with Gasteiger partial charge >= 0.3 is 6.03 Å². The monoisotopic (exact) mass is 220 g/mol. The molecule has 5 heteroatoms. The fraction of sp³-hybridized carbons (Fsp3) is 0.273. The molecule has 5 nitrogen and oxygen atoms in total. The molecule has 0 aliphatic carbocycles. The summed E-state index contributed by atoms with van der Waals surface area (Å²) in [4.78, 5) is 25.2. The number of hydrogen-bond acceptors (Lipinski definition) is 3. The van der Waals surface area contributed by atoms with Crippen LogP contribution in [0.1, 0.15) is 0 Å². The summed E-state index contributed by atoms with van der Waals surface area (Å²) in [5, 5.41) is 9.32. The number of urea groups is 1. The molecule has 1 heterocycles. The third-order valence-electron chi connectivity index (χ3n) is 2.53. The Balaban J connectivity index is 2.18. The summed E-state index contributed by atoms with van der Waals surface area (Å²) < 4.78 is 0. The van der Waals surface area contributed by atoms with E-state index in [2.05, 4.69) is 0 Å². The van der Waals surface area contributed by atoms with Gasteiger partial charge in [0.05, 0.1) is 6.54 Å². The molecule has 84 valence electrons. The number of aromatic hydroxyl groups is 1. The zero-order chi connectivity index (χ0) is 11.5. The van der Waals surface area contributed by atoms with Gasteiger partial charge in [-0.05, 0) is 12.1 Å². The minimum Gasteiger partial charge on any atom is -0.508 e. The van der Waals surface area contributed by atoms with Crippen molar-refractivity contribution in [1.29, 1.82) is 0 Å². The van der Waals surface area contributed by atoms with Crippen LogP contribution in [0.15, 0.2) is 24.3 Å². The van der Waals surface area contributed by atoms with E-state index in [0.717, 1.165) is 0 Å². The molecule has 0 saturated carbocycles. The number of amides is 2. The first kappa shape index (κ1) is 10.5. The number of carbonyl (C=O) groups is 2. The molecular formula is C11H12N2O3. The Kier molecular flexibility index (Phi) is 2.76. The van der Waals surface area contributed by atoms with Gasteiger partial charge in [0, 0.05) is 24.8 Å². The number of carbonyl (C=O) groups excluding carboxylic acids is 2. The van der Waals surface area contributed by atoms with Gasteiger partial charge in [0.15, 0.2) is 0 Å². The Hall–Kier alpha value is -2.04. The molecule has 0 spiro atoms. The van der Waals surface area contributed by atoms with Crippen molar-refractivity contribution in [2.75, 3.05) is 24.5 Å². The number of phenols is 1. The van der Waals surface area contributed by atoms with E-state index < -0.39 is 0 Å². The van der Waals surface area contributed by atoms with Gasteiger partial charge in [-0.2, -0.15) is 0 Å². The fourth-order valence-corrected chi connectivity index (χ4v) is 1.74. The Morgan fingerprint density at radius 2 is 2.19 bits per heavy atom. The molecule has 1 aromatic carbocycles. The highest BCUT2D eigenvalue weighted by Gasteiger charge is 2.28. The van der Waals surface area contributed by atoms with Gasteiger partial charge in [0.1, 0.15) is 12.0 Å². The van der Waals surface area contributed by atoms with E-state index in [4.69, 9.17) is 0 Å². The van der Waals surface area contributed by atoms with Gasteiger partial charge in [-0.15, -0.1) is 0 Å². The molecule has 0 unspecified atom stereocenters. The maximum Gasteiger partial charge on any atom is 0.324 e. The van der Waals surface area contributed by atoms with Crippen molar-refractivity contribution in [3.63, 3.8) is 0 Å². The van der Waals surface area contributed by atoms with Crippen molar-refractivity contribution < 1.29 is 14.7 Å². The molecule has 1 aromatic rings. The number of aldehydes is 1. The lowest BCUT2D eigenvalue weighted by Gasteiger charge is -2.17. The molecule has 1 saturated heterocycles. The first-order valence-electron chi connectivity index (χ1n) is 5.01. The normalized spacial score (nSPS) is 15.6. The summed E-state index contributed by atoms with van der Waals surface area (Å²) in [6.45, 7) is 1.19. The Labute approximate surface area is 92.9 Å². The molecule has 1 N–H and O–H groups in total. The molecule has 2 amide bonds. The number of benzene rings is 1. The zero-order valence-corrected chi connectivity index (χ0v) is 8.67. The zero-order valence-electron chi connectivity index (χ0n) is 8.67. The summed E-state index contributed by atoms with van der Waals surface area (Å²) in [5.41, 5.74) is 0.651. The van der Waals surface area contributed by atoms with Gasteiger partial charge in [-0.1, -0.05) is 6.07 Å². The second-order valence-corrected chi connectivity index (χ2v) is 3.57. The summed E-state index contributed by atoms with van der Waals surface area (Å²) in [5.74, 6) is 0.124. The maximum atomic E-state index is 11.8. The predicted molar refractivity (Wildman–Crippen MR) is 58.5 cm³/mol. The molecule has 1 aliphatic rings. The van der Waals surface area contributed by atoms with Crippen LogP contribution in [0.2, 0.25) is 0 Å². The van der Waals surface area contributed by atoms with Crippen molar-refractivity contribution >= 4 is 18.0 Å². The van der Waals surface area contributed by atoms with Crippen LogP contribution in [0, 0.1) is 0 Å².